The van der Waals surface area contributed by atoms with Gasteiger partial charge in [0.15, 0.2) is 0 Å². The maximum Gasteiger partial charge on any atom is 0.287 e. The molecule has 1 saturated heterocycles. The first-order valence-corrected chi connectivity index (χ1v) is 5.14. The van der Waals surface area contributed by atoms with E-state index in [9.17, 15) is 9.59 Å². The number of rotatable bonds is 0. The molecule has 2 rings (SSSR count). The highest BCUT2D eigenvalue weighted by Gasteiger charge is 2.41. The maximum absolute atomic E-state index is 11.1. The number of Topliss-reactive ketones (excluding diaryl/α,β-unsaturated/α-hetero) is 1. The van der Waals surface area contributed by atoms with E-state index in [2.05, 4.69) is 5.32 Å². The molecule has 0 aromatic rings. The van der Waals surface area contributed by atoms with Gasteiger partial charge in [0.2, 0.25) is 5.78 Å². The van der Waals surface area contributed by atoms with E-state index in [4.69, 9.17) is 0 Å². The molecule has 1 aliphatic carbocycles. The SMILES string of the molecule is CC.O=C1NC2CCCCC2C1=O. The van der Waals surface area contributed by atoms with Crippen LogP contribution in [0.3, 0.4) is 0 Å². The van der Waals surface area contributed by atoms with E-state index >= 15 is 0 Å². The van der Waals surface area contributed by atoms with Crippen molar-refractivity contribution in [1.82, 2.24) is 5.32 Å². The number of carbonyl (C=O) groups is 2. The van der Waals surface area contributed by atoms with Crippen LogP contribution >= 0.6 is 0 Å². The molecule has 0 aromatic carbocycles. The van der Waals surface area contributed by atoms with E-state index in [0.29, 0.717) is 0 Å². The van der Waals surface area contributed by atoms with Gasteiger partial charge in [0.1, 0.15) is 0 Å². The normalized spacial score (nSPS) is 31.5. The average Bonchev–Trinajstić information content (AvgIpc) is 2.47. The Bertz CT molecular complexity index is 213. The summed E-state index contributed by atoms with van der Waals surface area (Å²) in [5.74, 6) is -0.534. The summed E-state index contributed by atoms with van der Waals surface area (Å²) in [5, 5.41) is 2.72. The number of nitrogens with one attached hydrogen (secondary N) is 1. The van der Waals surface area contributed by atoms with E-state index in [-0.39, 0.29) is 23.7 Å². The van der Waals surface area contributed by atoms with Crippen LogP contribution in [0.5, 0.6) is 0 Å². The summed E-state index contributed by atoms with van der Waals surface area (Å²) in [4.78, 5) is 22.0. The van der Waals surface area contributed by atoms with Crippen LogP contribution in [0.15, 0.2) is 0 Å². The summed E-state index contributed by atoms with van der Waals surface area (Å²) in [5.41, 5.74) is 0. The molecule has 1 saturated carbocycles. The molecule has 0 bridgehead atoms. The Morgan fingerprint density at radius 3 is 2.38 bits per heavy atom. The van der Waals surface area contributed by atoms with Crippen LogP contribution in [0, 0.1) is 5.92 Å². The maximum atomic E-state index is 11.1. The molecule has 2 aliphatic rings. The van der Waals surface area contributed by atoms with E-state index in [1.54, 1.807) is 0 Å². The average molecular weight is 183 g/mol. The minimum atomic E-state index is -0.359. The standard InChI is InChI=1S/C8H11NO2.C2H6/c10-7-5-3-1-2-4-6(5)9-8(7)11;1-2/h5-6H,1-4H2,(H,9,11);1-2H3. The molecule has 2 unspecified atom stereocenters. The van der Waals surface area contributed by atoms with Gasteiger partial charge >= 0.3 is 0 Å². The van der Waals surface area contributed by atoms with Crippen LogP contribution < -0.4 is 5.32 Å². The lowest BCUT2D eigenvalue weighted by Gasteiger charge is -2.21. The molecule has 0 radical (unpaired) electrons. The third-order valence-electron chi connectivity index (χ3n) is 2.64. The minimum absolute atomic E-state index is 0.0104. The van der Waals surface area contributed by atoms with Crippen molar-refractivity contribution in [2.24, 2.45) is 5.92 Å². The Morgan fingerprint density at radius 1 is 1.15 bits per heavy atom. The largest absolute Gasteiger partial charge is 0.346 e. The fourth-order valence-electron chi connectivity index (χ4n) is 2.03. The van der Waals surface area contributed by atoms with Gasteiger partial charge in [-0.05, 0) is 12.8 Å². The number of carbonyl (C=O) groups excluding carboxylic acids is 2. The zero-order valence-corrected chi connectivity index (χ0v) is 8.30. The van der Waals surface area contributed by atoms with Gasteiger partial charge in [-0.2, -0.15) is 0 Å². The van der Waals surface area contributed by atoms with Crippen molar-refractivity contribution in [3.63, 3.8) is 0 Å². The first kappa shape index (κ1) is 10.2. The fraction of sp³-hybridized carbons (Fsp3) is 0.800. The summed E-state index contributed by atoms with van der Waals surface area (Å²) in [6.45, 7) is 4.00. The Labute approximate surface area is 78.9 Å². The molecular formula is C10H17NO2. The lowest BCUT2D eigenvalue weighted by Crippen LogP contribution is -2.31. The van der Waals surface area contributed by atoms with Crippen molar-refractivity contribution in [2.75, 3.05) is 0 Å². The number of hydrogen-bond acceptors (Lipinski definition) is 2. The van der Waals surface area contributed by atoms with Crippen LogP contribution in [0.2, 0.25) is 0 Å². The molecule has 1 N–H and O–H groups in total. The summed E-state index contributed by atoms with van der Waals surface area (Å²) >= 11 is 0. The Balaban J connectivity index is 0.000000396. The third-order valence-corrected chi connectivity index (χ3v) is 2.64. The lowest BCUT2D eigenvalue weighted by molar-refractivity contribution is -0.136. The van der Waals surface area contributed by atoms with Gasteiger partial charge < -0.3 is 5.32 Å². The van der Waals surface area contributed by atoms with Crippen molar-refractivity contribution in [1.29, 1.82) is 0 Å². The van der Waals surface area contributed by atoms with Crippen molar-refractivity contribution < 1.29 is 9.59 Å². The predicted octanol–water partition coefficient (Wildman–Crippen LogP) is 1.27. The van der Waals surface area contributed by atoms with Crippen LogP contribution in [0.4, 0.5) is 0 Å². The topological polar surface area (TPSA) is 46.2 Å². The van der Waals surface area contributed by atoms with E-state index in [1.807, 2.05) is 13.8 Å². The number of amides is 1. The molecule has 13 heavy (non-hydrogen) atoms. The highest BCUT2D eigenvalue weighted by Crippen LogP contribution is 2.28. The molecule has 1 amide bonds. The second kappa shape index (κ2) is 4.40. The first-order chi connectivity index (χ1) is 6.29. The lowest BCUT2D eigenvalue weighted by atomic mass is 9.85. The van der Waals surface area contributed by atoms with Gasteiger partial charge in [-0.25, -0.2) is 0 Å². The Morgan fingerprint density at radius 2 is 1.77 bits per heavy atom. The van der Waals surface area contributed by atoms with E-state index in [1.165, 1.54) is 0 Å². The smallest absolute Gasteiger partial charge is 0.287 e. The molecule has 2 fully saturated rings. The quantitative estimate of drug-likeness (QED) is 0.575. The van der Waals surface area contributed by atoms with Crippen molar-refractivity contribution in [2.45, 2.75) is 45.6 Å². The summed E-state index contributed by atoms with van der Waals surface area (Å²) in [6.07, 6.45) is 4.14. The number of fused-ring (bicyclic) bond motifs is 1. The van der Waals surface area contributed by atoms with Crippen molar-refractivity contribution in [3.8, 4) is 0 Å². The third kappa shape index (κ3) is 1.90. The van der Waals surface area contributed by atoms with Crippen LogP contribution in [0.25, 0.3) is 0 Å². The molecule has 2 atom stereocenters. The van der Waals surface area contributed by atoms with Crippen LogP contribution in [-0.4, -0.2) is 17.7 Å². The molecule has 3 nitrogen and oxygen atoms in total. The monoisotopic (exact) mass is 183 g/mol. The van der Waals surface area contributed by atoms with E-state index < -0.39 is 0 Å². The van der Waals surface area contributed by atoms with E-state index in [0.717, 1.165) is 25.7 Å². The Hall–Kier alpha value is -0.860. The van der Waals surface area contributed by atoms with Crippen LogP contribution in [-0.2, 0) is 9.59 Å². The van der Waals surface area contributed by atoms with Gasteiger partial charge in [-0.3, -0.25) is 9.59 Å². The molecule has 0 spiro atoms. The molecule has 1 heterocycles. The summed E-state index contributed by atoms with van der Waals surface area (Å²) in [6, 6.07) is 0.170. The zero-order valence-electron chi connectivity index (χ0n) is 8.30. The van der Waals surface area contributed by atoms with Crippen LogP contribution in [0.1, 0.15) is 39.5 Å². The number of hydrogen-bond donors (Lipinski definition) is 1. The molecular weight excluding hydrogens is 166 g/mol. The van der Waals surface area contributed by atoms with Crippen molar-refractivity contribution >= 4 is 11.7 Å². The Kier molecular flexibility index (Phi) is 3.46. The van der Waals surface area contributed by atoms with Gasteiger partial charge in [0.25, 0.3) is 5.91 Å². The summed E-state index contributed by atoms with van der Waals surface area (Å²) in [7, 11) is 0. The minimum Gasteiger partial charge on any atom is -0.346 e. The van der Waals surface area contributed by atoms with Gasteiger partial charge in [-0.15, -0.1) is 0 Å². The van der Waals surface area contributed by atoms with Gasteiger partial charge in [-0.1, -0.05) is 26.7 Å². The first-order valence-electron chi connectivity index (χ1n) is 5.14. The molecule has 1 aliphatic heterocycles. The summed E-state index contributed by atoms with van der Waals surface area (Å²) < 4.78 is 0. The fourth-order valence-corrected chi connectivity index (χ4v) is 2.03. The van der Waals surface area contributed by atoms with Crippen molar-refractivity contribution in [3.05, 3.63) is 0 Å². The highest BCUT2D eigenvalue weighted by molar-refractivity contribution is 6.39. The molecule has 3 heteroatoms. The van der Waals surface area contributed by atoms with Gasteiger partial charge in [0.05, 0.1) is 0 Å². The zero-order chi connectivity index (χ0) is 9.84. The molecule has 0 aromatic heterocycles. The number of ketones is 1. The second-order valence-electron chi connectivity index (χ2n) is 3.34. The second-order valence-corrected chi connectivity index (χ2v) is 3.34. The predicted molar refractivity (Wildman–Crippen MR) is 50.2 cm³/mol. The molecule has 74 valence electrons. The van der Waals surface area contributed by atoms with Gasteiger partial charge in [0, 0.05) is 12.0 Å². The highest BCUT2D eigenvalue weighted by atomic mass is 16.2.